The van der Waals surface area contributed by atoms with Gasteiger partial charge in [-0.25, -0.2) is 9.37 Å². The highest BCUT2D eigenvalue weighted by Crippen LogP contribution is 2.35. The molecule has 0 saturated carbocycles. The van der Waals surface area contributed by atoms with Gasteiger partial charge in [0.1, 0.15) is 16.5 Å². The van der Waals surface area contributed by atoms with Crippen LogP contribution < -0.4 is 0 Å². The van der Waals surface area contributed by atoms with Crippen molar-refractivity contribution in [2.45, 2.75) is 38.6 Å². The molecule has 25 heavy (non-hydrogen) atoms. The molecule has 0 N–H and O–H groups in total. The second-order valence-corrected chi connectivity index (χ2v) is 7.42. The standard InChI is InChI=1S/C19H20FN3OS/c1-13-21-18(19-22(13)10-11-25-19)16-4-2-3-9-23(16)17(24)12-14-5-7-15(20)8-6-14/h5-8,10-11,16H,2-4,9,12H2,1H3. The molecule has 3 heterocycles. The van der Waals surface area contributed by atoms with Crippen LogP contribution in [0.4, 0.5) is 4.39 Å². The number of nitrogens with zero attached hydrogens (tertiary/aromatic N) is 3. The van der Waals surface area contributed by atoms with E-state index in [4.69, 9.17) is 4.98 Å². The third-order valence-electron chi connectivity index (χ3n) is 4.87. The van der Waals surface area contributed by atoms with Crippen molar-refractivity contribution in [2.24, 2.45) is 0 Å². The first-order valence-electron chi connectivity index (χ1n) is 8.59. The van der Waals surface area contributed by atoms with Crippen LogP contribution in [-0.2, 0) is 11.2 Å². The molecule has 0 radical (unpaired) electrons. The molecule has 3 aromatic rings. The number of thiazole rings is 1. The minimum Gasteiger partial charge on any atom is -0.334 e. The van der Waals surface area contributed by atoms with Crippen molar-refractivity contribution < 1.29 is 9.18 Å². The Kier molecular flexibility index (Phi) is 4.29. The van der Waals surface area contributed by atoms with Crippen molar-refractivity contribution in [3.63, 3.8) is 0 Å². The van der Waals surface area contributed by atoms with Gasteiger partial charge in [-0.15, -0.1) is 11.3 Å². The molecule has 1 aliphatic heterocycles. The number of amides is 1. The van der Waals surface area contributed by atoms with Crippen molar-refractivity contribution >= 4 is 22.1 Å². The summed E-state index contributed by atoms with van der Waals surface area (Å²) in [6.45, 7) is 2.75. The summed E-state index contributed by atoms with van der Waals surface area (Å²) in [5.41, 5.74) is 1.86. The predicted octanol–water partition coefficient (Wildman–Crippen LogP) is 4.14. The van der Waals surface area contributed by atoms with Crippen molar-refractivity contribution in [1.29, 1.82) is 0 Å². The first-order chi connectivity index (χ1) is 12.1. The van der Waals surface area contributed by atoms with Gasteiger partial charge >= 0.3 is 0 Å². The molecule has 1 atom stereocenters. The van der Waals surface area contributed by atoms with Crippen molar-refractivity contribution in [3.8, 4) is 0 Å². The van der Waals surface area contributed by atoms with Crippen LogP contribution in [-0.4, -0.2) is 26.7 Å². The third-order valence-corrected chi connectivity index (χ3v) is 5.75. The fourth-order valence-electron chi connectivity index (χ4n) is 3.60. The lowest BCUT2D eigenvalue weighted by molar-refractivity contribution is -0.134. The average Bonchev–Trinajstić information content (AvgIpc) is 3.21. The topological polar surface area (TPSA) is 37.6 Å². The number of carbonyl (C=O) groups is 1. The highest BCUT2D eigenvalue weighted by atomic mass is 32.1. The second kappa shape index (κ2) is 6.59. The molecule has 1 fully saturated rings. The quantitative estimate of drug-likeness (QED) is 0.706. The SMILES string of the molecule is Cc1nc(C2CCCCN2C(=O)Cc2ccc(F)cc2)c2sccn12. The van der Waals surface area contributed by atoms with E-state index in [1.165, 1.54) is 12.1 Å². The van der Waals surface area contributed by atoms with Gasteiger partial charge in [0.15, 0.2) is 0 Å². The van der Waals surface area contributed by atoms with Gasteiger partial charge in [0.25, 0.3) is 0 Å². The molecule has 0 spiro atoms. The van der Waals surface area contributed by atoms with Gasteiger partial charge in [-0.05, 0) is 43.9 Å². The molecule has 4 rings (SSSR count). The minimum atomic E-state index is -0.277. The lowest BCUT2D eigenvalue weighted by Gasteiger charge is -2.35. The lowest BCUT2D eigenvalue weighted by Crippen LogP contribution is -2.39. The van der Waals surface area contributed by atoms with E-state index in [9.17, 15) is 9.18 Å². The number of halogens is 1. The number of hydrogen-bond donors (Lipinski definition) is 0. The van der Waals surface area contributed by atoms with Crippen molar-refractivity contribution in [1.82, 2.24) is 14.3 Å². The summed E-state index contributed by atoms with van der Waals surface area (Å²) in [5.74, 6) is 0.773. The Balaban J connectivity index is 1.61. The molecule has 0 bridgehead atoms. The van der Waals surface area contributed by atoms with Crippen LogP contribution in [0.15, 0.2) is 35.8 Å². The first kappa shape index (κ1) is 16.3. The minimum absolute atomic E-state index is 0.0315. The van der Waals surface area contributed by atoms with Gasteiger partial charge in [-0.1, -0.05) is 12.1 Å². The van der Waals surface area contributed by atoms with Crippen molar-refractivity contribution in [2.75, 3.05) is 6.54 Å². The van der Waals surface area contributed by atoms with Gasteiger partial charge in [0, 0.05) is 18.1 Å². The van der Waals surface area contributed by atoms with E-state index in [2.05, 4.69) is 9.78 Å². The monoisotopic (exact) mass is 357 g/mol. The van der Waals surface area contributed by atoms with E-state index in [-0.39, 0.29) is 17.8 Å². The number of fused-ring (bicyclic) bond motifs is 1. The number of hydrogen-bond acceptors (Lipinski definition) is 3. The smallest absolute Gasteiger partial charge is 0.227 e. The fourth-order valence-corrected chi connectivity index (χ4v) is 4.53. The zero-order chi connectivity index (χ0) is 17.4. The Morgan fingerprint density at radius 2 is 2.12 bits per heavy atom. The van der Waals surface area contributed by atoms with Gasteiger partial charge in [0.2, 0.25) is 5.91 Å². The van der Waals surface area contributed by atoms with Gasteiger partial charge in [-0.2, -0.15) is 0 Å². The van der Waals surface area contributed by atoms with Crippen LogP contribution in [0.2, 0.25) is 0 Å². The zero-order valence-electron chi connectivity index (χ0n) is 14.1. The maximum Gasteiger partial charge on any atom is 0.227 e. The molecule has 2 aromatic heterocycles. The maximum absolute atomic E-state index is 13.1. The summed E-state index contributed by atoms with van der Waals surface area (Å²) in [7, 11) is 0. The number of aromatic nitrogens is 2. The normalized spacial score (nSPS) is 18.0. The molecule has 1 aromatic carbocycles. The van der Waals surface area contributed by atoms with E-state index >= 15 is 0 Å². The fraction of sp³-hybridized carbons (Fsp3) is 0.368. The number of piperidine rings is 1. The summed E-state index contributed by atoms with van der Waals surface area (Å²) >= 11 is 1.67. The van der Waals surface area contributed by atoms with Gasteiger partial charge in [0.05, 0.1) is 18.2 Å². The Hall–Kier alpha value is -2.21. The Labute approximate surface area is 149 Å². The van der Waals surface area contributed by atoms with E-state index in [1.54, 1.807) is 23.5 Å². The number of aryl methyl sites for hydroxylation is 1. The van der Waals surface area contributed by atoms with Crippen LogP contribution in [0, 0.1) is 12.7 Å². The van der Waals surface area contributed by atoms with E-state index in [1.807, 2.05) is 18.0 Å². The highest BCUT2D eigenvalue weighted by molar-refractivity contribution is 7.15. The number of rotatable bonds is 3. The molecule has 1 unspecified atom stereocenters. The van der Waals surface area contributed by atoms with Crippen LogP contribution in [0.1, 0.15) is 42.4 Å². The largest absolute Gasteiger partial charge is 0.334 e. The molecule has 6 heteroatoms. The van der Waals surface area contributed by atoms with Gasteiger partial charge < -0.3 is 4.90 Å². The molecule has 1 amide bonds. The number of carbonyl (C=O) groups excluding carboxylic acids is 1. The molecule has 4 nitrogen and oxygen atoms in total. The third kappa shape index (κ3) is 3.06. The summed E-state index contributed by atoms with van der Waals surface area (Å²) < 4.78 is 15.2. The highest BCUT2D eigenvalue weighted by Gasteiger charge is 2.31. The molecule has 1 saturated heterocycles. The molecular formula is C19H20FN3OS. The summed E-state index contributed by atoms with van der Waals surface area (Å²) in [4.78, 5) is 20.8. The number of likely N-dealkylation sites (tertiary alicyclic amines) is 1. The maximum atomic E-state index is 13.1. The van der Waals surface area contributed by atoms with Crippen LogP contribution in [0.3, 0.4) is 0 Å². The number of benzene rings is 1. The molecule has 0 aliphatic carbocycles. The summed E-state index contributed by atoms with van der Waals surface area (Å²) in [5, 5.41) is 2.06. The zero-order valence-corrected chi connectivity index (χ0v) is 14.9. The van der Waals surface area contributed by atoms with E-state index < -0.39 is 0 Å². The molecular weight excluding hydrogens is 337 g/mol. The molecule has 1 aliphatic rings. The Morgan fingerprint density at radius 3 is 2.92 bits per heavy atom. The van der Waals surface area contributed by atoms with Crippen LogP contribution in [0.25, 0.3) is 4.83 Å². The second-order valence-electron chi connectivity index (χ2n) is 6.52. The van der Waals surface area contributed by atoms with Crippen molar-refractivity contribution in [3.05, 3.63) is 58.7 Å². The summed E-state index contributed by atoms with van der Waals surface area (Å²) in [6.07, 6.45) is 5.40. The van der Waals surface area contributed by atoms with E-state index in [0.717, 1.165) is 47.7 Å². The summed E-state index contributed by atoms with van der Waals surface area (Å²) in [6, 6.07) is 6.22. The molecule has 130 valence electrons. The lowest BCUT2D eigenvalue weighted by atomic mass is 9.98. The van der Waals surface area contributed by atoms with Gasteiger partial charge in [-0.3, -0.25) is 9.20 Å². The van der Waals surface area contributed by atoms with E-state index in [0.29, 0.717) is 6.42 Å². The number of imidazole rings is 1. The average molecular weight is 357 g/mol. The van der Waals surface area contributed by atoms with Crippen LogP contribution >= 0.6 is 11.3 Å². The Bertz CT molecular complexity index is 899. The Morgan fingerprint density at radius 1 is 1.32 bits per heavy atom. The predicted molar refractivity (Wildman–Crippen MR) is 96.2 cm³/mol. The van der Waals surface area contributed by atoms with Crippen LogP contribution in [0.5, 0.6) is 0 Å². The first-order valence-corrected chi connectivity index (χ1v) is 9.47.